The van der Waals surface area contributed by atoms with Gasteiger partial charge in [-0.05, 0) is 39.0 Å². The minimum atomic E-state index is 0.230. The van der Waals surface area contributed by atoms with Crippen LogP contribution < -0.4 is 10.5 Å². The SMILES string of the molecule is COc1ccc([C@@H]2[C@@H](N)C2(C)C)cc1Br. The molecule has 0 heterocycles. The number of ether oxygens (including phenoxy) is 1. The molecule has 0 aliphatic heterocycles. The summed E-state index contributed by atoms with van der Waals surface area (Å²) in [7, 11) is 1.67. The first-order valence-corrected chi connectivity index (χ1v) is 5.87. The zero-order chi connectivity index (χ0) is 11.2. The van der Waals surface area contributed by atoms with Crippen LogP contribution in [0.4, 0.5) is 0 Å². The van der Waals surface area contributed by atoms with E-state index in [0.29, 0.717) is 5.92 Å². The van der Waals surface area contributed by atoms with E-state index in [1.54, 1.807) is 7.11 Å². The number of hydrogen-bond donors (Lipinski definition) is 1. The predicted octanol–water partition coefficient (Wildman–Crippen LogP) is 2.91. The Balaban J connectivity index is 2.29. The van der Waals surface area contributed by atoms with Gasteiger partial charge < -0.3 is 10.5 Å². The van der Waals surface area contributed by atoms with Crippen molar-refractivity contribution in [3.05, 3.63) is 28.2 Å². The van der Waals surface area contributed by atoms with Crippen molar-refractivity contribution in [2.45, 2.75) is 25.8 Å². The fourth-order valence-electron chi connectivity index (χ4n) is 2.19. The predicted molar refractivity (Wildman–Crippen MR) is 65.2 cm³/mol. The van der Waals surface area contributed by atoms with Gasteiger partial charge in [-0.2, -0.15) is 0 Å². The summed E-state index contributed by atoms with van der Waals surface area (Å²) in [5, 5.41) is 0. The van der Waals surface area contributed by atoms with Crippen LogP contribution in [0.5, 0.6) is 5.75 Å². The van der Waals surface area contributed by atoms with Crippen molar-refractivity contribution in [2.24, 2.45) is 11.1 Å². The average Bonchev–Trinajstić information content (AvgIpc) is 2.66. The molecule has 0 aromatic heterocycles. The summed E-state index contributed by atoms with van der Waals surface area (Å²) in [6.07, 6.45) is 0. The average molecular weight is 270 g/mol. The zero-order valence-electron chi connectivity index (χ0n) is 9.25. The van der Waals surface area contributed by atoms with Gasteiger partial charge in [0.2, 0.25) is 0 Å². The minimum absolute atomic E-state index is 0.230. The standard InChI is InChI=1S/C12H16BrNO/c1-12(2)10(11(12)14)7-4-5-9(15-3)8(13)6-7/h4-6,10-11H,14H2,1-3H3/t10-,11-/m1/s1. The number of methoxy groups -OCH3 is 1. The van der Waals surface area contributed by atoms with E-state index in [4.69, 9.17) is 10.5 Å². The van der Waals surface area contributed by atoms with E-state index in [1.165, 1.54) is 5.56 Å². The van der Waals surface area contributed by atoms with Gasteiger partial charge in [-0.25, -0.2) is 0 Å². The summed E-state index contributed by atoms with van der Waals surface area (Å²) in [6, 6.07) is 6.47. The first kappa shape index (κ1) is 11.0. The molecule has 82 valence electrons. The lowest BCUT2D eigenvalue weighted by Crippen LogP contribution is -2.06. The Bertz CT molecular complexity index is 389. The summed E-state index contributed by atoms with van der Waals surface area (Å²) in [5.41, 5.74) is 7.57. The number of benzene rings is 1. The maximum Gasteiger partial charge on any atom is 0.133 e. The third-order valence-electron chi connectivity index (χ3n) is 3.45. The number of nitrogens with two attached hydrogens (primary N) is 1. The molecule has 2 nitrogen and oxygen atoms in total. The fraction of sp³-hybridized carbons (Fsp3) is 0.500. The minimum Gasteiger partial charge on any atom is -0.496 e. The molecule has 1 aromatic carbocycles. The molecule has 1 aliphatic carbocycles. The van der Waals surface area contributed by atoms with Crippen LogP contribution in [-0.4, -0.2) is 13.2 Å². The normalized spacial score (nSPS) is 27.5. The molecule has 1 saturated carbocycles. The van der Waals surface area contributed by atoms with Gasteiger partial charge in [0.05, 0.1) is 11.6 Å². The van der Waals surface area contributed by atoms with Crippen molar-refractivity contribution in [3.63, 3.8) is 0 Å². The molecule has 0 bridgehead atoms. The Morgan fingerprint density at radius 3 is 2.40 bits per heavy atom. The second-order valence-corrected chi connectivity index (χ2v) is 5.57. The maximum absolute atomic E-state index is 6.05. The third-order valence-corrected chi connectivity index (χ3v) is 4.07. The van der Waals surface area contributed by atoms with Crippen LogP contribution in [0.1, 0.15) is 25.3 Å². The van der Waals surface area contributed by atoms with Crippen molar-refractivity contribution in [1.29, 1.82) is 0 Å². The Kier molecular flexibility index (Phi) is 2.55. The van der Waals surface area contributed by atoms with Crippen molar-refractivity contribution < 1.29 is 4.74 Å². The Morgan fingerprint density at radius 1 is 1.40 bits per heavy atom. The van der Waals surface area contributed by atoms with Gasteiger partial charge in [0, 0.05) is 12.0 Å². The first-order valence-electron chi connectivity index (χ1n) is 5.07. The van der Waals surface area contributed by atoms with Gasteiger partial charge in [-0.3, -0.25) is 0 Å². The van der Waals surface area contributed by atoms with Gasteiger partial charge in [-0.15, -0.1) is 0 Å². The van der Waals surface area contributed by atoms with Crippen LogP contribution in [0.25, 0.3) is 0 Å². The summed E-state index contributed by atoms with van der Waals surface area (Å²) < 4.78 is 6.20. The molecule has 1 aliphatic rings. The highest BCUT2D eigenvalue weighted by Gasteiger charge is 2.56. The number of halogens is 1. The molecule has 0 amide bonds. The Hall–Kier alpha value is -0.540. The van der Waals surface area contributed by atoms with Crippen LogP contribution in [-0.2, 0) is 0 Å². The van der Waals surface area contributed by atoms with E-state index in [-0.39, 0.29) is 11.5 Å². The molecule has 0 saturated heterocycles. The molecule has 15 heavy (non-hydrogen) atoms. The summed E-state index contributed by atoms with van der Waals surface area (Å²) in [6.45, 7) is 4.42. The maximum atomic E-state index is 6.05. The smallest absolute Gasteiger partial charge is 0.133 e. The van der Waals surface area contributed by atoms with E-state index in [9.17, 15) is 0 Å². The molecule has 0 spiro atoms. The molecule has 2 N–H and O–H groups in total. The largest absolute Gasteiger partial charge is 0.496 e. The molecule has 2 rings (SSSR count). The lowest BCUT2D eigenvalue weighted by molar-refractivity contribution is 0.412. The van der Waals surface area contributed by atoms with Crippen LogP contribution in [0.2, 0.25) is 0 Å². The highest BCUT2D eigenvalue weighted by molar-refractivity contribution is 9.10. The van der Waals surface area contributed by atoms with Gasteiger partial charge in [-0.1, -0.05) is 19.9 Å². The summed E-state index contributed by atoms with van der Waals surface area (Å²) >= 11 is 3.50. The molecule has 0 radical (unpaired) electrons. The highest BCUT2D eigenvalue weighted by atomic mass is 79.9. The van der Waals surface area contributed by atoms with Gasteiger partial charge in [0.1, 0.15) is 5.75 Å². The molecule has 0 unspecified atom stereocenters. The van der Waals surface area contributed by atoms with Gasteiger partial charge in [0.15, 0.2) is 0 Å². The quantitative estimate of drug-likeness (QED) is 0.896. The molecular weight excluding hydrogens is 254 g/mol. The summed E-state index contributed by atoms with van der Waals surface area (Å²) in [4.78, 5) is 0. The first-order chi connectivity index (χ1) is 6.98. The zero-order valence-corrected chi connectivity index (χ0v) is 10.8. The lowest BCUT2D eigenvalue weighted by atomic mass is 10.0. The Morgan fingerprint density at radius 2 is 2.00 bits per heavy atom. The van der Waals surface area contributed by atoms with Crippen molar-refractivity contribution in [1.82, 2.24) is 0 Å². The molecule has 1 aromatic rings. The monoisotopic (exact) mass is 269 g/mol. The van der Waals surface area contributed by atoms with Crippen molar-refractivity contribution in [3.8, 4) is 5.75 Å². The van der Waals surface area contributed by atoms with Crippen molar-refractivity contribution >= 4 is 15.9 Å². The van der Waals surface area contributed by atoms with Crippen LogP contribution in [0.3, 0.4) is 0 Å². The molecule has 1 fully saturated rings. The molecular formula is C12H16BrNO. The van der Waals surface area contributed by atoms with Crippen LogP contribution in [0.15, 0.2) is 22.7 Å². The third kappa shape index (κ3) is 1.68. The van der Waals surface area contributed by atoms with Crippen molar-refractivity contribution in [2.75, 3.05) is 7.11 Å². The lowest BCUT2D eigenvalue weighted by Gasteiger charge is -2.07. The second kappa shape index (κ2) is 3.49. The van der Waals surface area contributed by atoms with E-state index >= 15 is 0 Å². The highest BCUT2D eigenvalue weighted by Crippen LogP contribution is 2.57. The molecule has 3 heteroatoms. The van der Waals surface area contributed by atoms with E-state index < -0.39 is 0 Å². The van der Waals surface area contributed by atoms with Gasteiger partial charge in [0.25, 0.3) is 0 Å². The van der Waals surface area contributed by atoms with E-state index in [2.05, 4.69) is 41.9 Å². The van der Waals surface area contributed by atoms with E-state index in [1.807, 2.05) is 6.07 Å². The Labute approximate surface area is 98.9 Å². The molecule has 2 atom stereocenters. The topological polar surface area (TPSA) is 35.2 Å². The van der Waals surface area contributed by atoms with E-state index in [0.717, 1.165) is 10.2 Å². The fourth-order valence-corrected chi connectivity index (χ4v) is 2.75. The van der Waals surface area contributed by atoms with Gasteiger partial charge >= 0.3 is 0 Å². The number of rotatable bonds is 2. The number of hydrogen-bond acceptors (Lipinski definition) is 2. The van der Waals surface area contributed by atoms with Crippen LogP contribution in [0, 0.1) is 5.41 Å². The second-order valence-electron chi connectivity index (χ2n) is 4.72. The van der Waals surface area contributed by atoms with Crippen LogP contribution >= 0.6 is 15.9 Å². The summed E-state index contributed by atoms with van der Waals surface area (Å²) in [5.74, 6) is 1.34.